The maximum absolute atomic E-state index is 11.5. The molecule has 1 aromatic heterocycles. The van der Waals surface area contributed by atoms with Gasteiger partial charge in [-0.3, -0.25) is 4.79 Å². The Balaban J connectivity index is 2.71. The Hall–Kier alpha value is -1.68. The average molecular weight is 202 g/mol. The van der Waals surface area contributed by atoms with Crippen LogP contribution < -0.4 is 5.43 Å². The highest BCUT2D eigenvalue weighted by Gasteiger charge is 2.04. The molecule has 14 heavy (non-hydrogen) atoms. The van der Waals surface area contributed by atoms with Gasteiger partial charge in [-0.15, -0.1) is 0 Å². The molecule has 0 saturated carbocycles. The van der Waals surface area contributed by atoms with Crippen LogP contribution in [-0.4, -0.2) is 9.59 Å². The van der Waals surface area contributed by atoms with Crippen LogP contribution in [-0.2, 0) is 0 Å². The summed E-state index contributed by atoms with van der Waals surface area (Å²) in [7, 11) is 0. The molecule has 68 valence electrons. The molecule has 0 radical (unpaired) electrons. The molecule has 0 bridgehead atoms. The van der Waals surface area contributed by atoms with E-state index in [9.17, 15) is 4.79 Å². The quantitative estimate of drug-likeness (QED) is 0.607. The van der Waals surface area contributed by atoms with E-state index in [1.165, 1.54) is 11.5 Å². The maximum atomic E-state index is 11.5. The fraction of sp³-hybridized carbons (Fsp3) is 0. The molecule has 0 amide bonds. The molecule has 4 heteroatoms. The van der Waals surface area contributed by atoms with Crippen molar-refractivity contribution in [3.8, 4) is 0 Å². The van der Waals surface area contributed by atoms with Crippen molar-refractivity contribution in [2.24, 2.45) is 0 Å². The second-order valence-electron chi connectivity index (χ2n) is 3.07. The van der Waals surface area contributed by atoms with Crippen molar-refractivity contribution in [3.05, 3.63) is 40.6 Å². The van der Waals surface area contributed by atoms with Gasteiger partial charge < -0.3 is 0 Å². The second-order valence-corrected chi connectivity index (χ2v) is 3.90. The molecule has 0 atom stereocenters. The number of aromatic nitrogens is 2. The summed E-state index contributed by atoms with van der Waals surface area (Å²) in [6.45, 7) is 0. The van der Waals surface area contributed by atoms with Gasteiger partial charge in [0, 0.05) is 10.8 Å². The first-order valence-electron chi connectivity index (χ1n) is 4.21. The van der Waals surface area contributed by atoms with Crippen molar-refractivity contribution in [2.75, 3.05) is 0 Å². The molecule has 0 aliphatic heterocycles. The normalized spacial score (nSPS) is 11.1. The highest BCUT2D eigenvalue weighted by Crippen LogP contribution is 2.23. The van der Waals surface area contributed by atoms with E-state index >= 15 is 0 Å². The summed E-state index contributed by atoms with van der Waals surface area (Å²) >= 11 is 1.47. The fourth-order valence-electron chi connectivity index (χ4n) is 1.61. The Morgan fingerprint density at radius 1 is 1.14 bits per heavy atom. The van der Waals surface area contributed by atoms with E-state index < -0.39 is 0 Å². The van der Waals surface area contributed by atoms with Crippen LogP contribution in [0.4, 0.5) is 0 Å². The van der Waals surface area contributed by atoms with Crippen LogP contribution in [0.1, 0.15) is 0 Å². The lowest BCUT2D eigenvalue weighted by Crippen LogP contribution is -1.97. The highest BCUT2D eigenvalue weighted by molar-refractivity contribution is 7.13. The van der Waals surface area contributed by atoms with E-state index in [2.05, 4.69) is 9.59 Å². The summed E-state index contributed by atoms with van der Waals surface area (Å²) < 4.78 is 3.91. The maximum Gasteiger partial charge on any atom is 0.186 e. The molecule has 0 saturated heterocycles. The minimum absolute atomic E-state index is 0.0531. The number of H-pyrrole nitrogens is 1. The molecule has 2 aromatic carbocycles. The zero-order valence-electron chi connectivity index (χ0n) is 7.15. The monoisotopic (exact) mass is 202 g/mol. The summed E-state index contributed by atoms with van der Waals surface area (Å²) in [5, 5.41) is 5.80. The van der Waals surface area contributed by atoms with Crippen LogP contribution >= 0.6 is 11.5 Å². The molecule has 3 nitrogen and oxygen atoms in total. The first-order chi connectivity index (χ1) is 6.86. The van der Waals surface area contributed by atoms with Crippen LogP contribution in [0.2, 0.25) is 0 Å². The Bertz CT molecular complexity index is 668. The predicted molar refractivity (Wildman–Crippen MR) is 57.7 cm³/mol. The molecule has 0 unspecified atom stereocenters. The van der Waals surface area contributed by atoms with Crippen molar-refractivity contribution in [1.82, 2.24) is 9.59 Å². The number of aromatic amines is 1. The predicted octanol–water partition coefficient (Wildman–Crippen LogP) is 2.14. The van der Waals surface area contributed by atoms with Gasteiger partial charge in [0.1, 0.15) is 5.52 Å². The Labute approximate surface area is 83.1 Å². The van der Waals surface area contributed by atoms with Crippen LogP contribution in [0.5, 0.6) is 0 Å². The topological polar surface area (TPSA) is 45.8 Å². The fourth-order valence-corrected chi connectivity index (χ4v) is 2.23. The van der Waals surface area contributed by atoms with Crippen molar-refractivity contribution >= 4 is 32.5 Å². The zero-order chi connectivity index (χ0) is 9.54. The third-order valence-electron chi connectivity index (χ3n) is 2.27. The number of fused-ring (bicyclic) bond motifs is 3. The van der Waals surface area contributed by atoms with Gasteiger partial charge in [-0.05, 0) is 29.7 Å². The number of hydrogen-bond donors (Lipinski definition) is 1. The molecule has 3 rings (SSSR count). The molecule has 0 aliphatic rings. The van der Waals surface area contributed by atoms with Gasteiger partial charge in [-0.25, -0.2) is 4.49 Å². The van der Waals surface area contributed by atoms with Gasteiger partial charge in [0.25, 0.3) is 0 Å². The lowest BCUT2D eigenvalue weighted by atomic mass is 10.1. The minimum atomic E-state index is 0.0531. The first kappa shape index (κ1) is 7.70. The van der Waals surface area contributed by atoms with Crippen molar-refractivity contribution in [1.29, 1.82) is 0 Å². The third-order valence-corrected chi connectivity index (χ3v) is 3.00. The lowest BCUT2D eigenvalue weighted by Gasteiger charge is -1.94. The summed E-state index contributed by atoms with van der Waals surface area (Å²) in [6.07, 6.45) is 0. The van der Waals surface area contributed by atoms with Gasteiger partial charge in [0.15, 0.2) is 5.43 Å². The van der Waals surface area contributed by atoms with Crippen molar-refractivity contribution in [2.45, 2.75) is 0 Å². The molecule has 3 aromatic rings. The third kappa shape index (κ3) is 0.914. The van der Waals surface area contributed by atoms with Gasteiger partial charge in [-0.2, -0.15) is 5.10 Å². The van der Waals surface area contributed by atoms with Crippen LogP contribution in [0.15, 0.2) is 35.1 Å². The molecule has 1 heterocycles. The molecule has 1 N–H and O–H groups in total. The summed E-state index contributed by atoms with van der Waals surface area (Å²) in [5.41, 5.74) is 0.933. The van der Waals surface area contributed by atoms with Crippen LogP contribution in [0, 0.1) is 0 Å². The molecular weight excluding hydrogens is 196 g/mol. The number of nitrogens with zero attached hydrogens (tertiary/aromatic N) is 1. The number of rotatable bonds is 0. The van der Waals surface area contributed by atoms with Gasteiger partial charge >= 0.3 is 0 Å². The zero-order valence-corrected chi connectivity index (χ0v) is 7.97. The van der Waals surface area contributed by atoms with E-state index in [0.29, 0.717) is 0 Å². The van der Waals surface area contributed by atoms with E-state index in [4.69, 9.17) is 0 Å². The molecule has 0 spiro atoms. The SMILES string of the molecule is O=c1cccc2c1ccc1s[nH]nc12. The van der Waals surface area contributed by atoms with E-state index in [0.717, 1.165) is 21.0 Å². The Morgan fingerprint density at radius 3 is 3.00 bits per heavy atom. The standard InChI is InChI=1S/C10H6N2OS/c13-8-3-1-2-7-6(8)4-5-9-10(7)11-12-14-9/h1-5,12H. The molecular formula is C10H6N2OS. The lowest BCUT2D eigenvalue weighted by molar-refractivity contribution is 1.20. The van der Waals surface area contributed by atoms with E-state index in [1.807, 2.05) is 18.2 Å². The Kier molecular flexibility index (Phi) is 1.46. The summed E-state index contributed by atoms with van der Waals surface area (Å²) in [5.74, 6) is 0. The number of hydrogen-bond acceptors (Lipinski definition) is 3. The first-order valence-corrected chi connectivity index (χ1v) is 5.03. The van der Waals surface area contributed by atoms with E-state index in [1.54, 1.807) is 12.1 Å². The van der Waals surface area contributed by atoms with Gasteiger partial charge in [-0.1, -0.05) is 12.1 Å². The molecule has 0 aliphatic carbocycles. The van der Waals surface area contributed by atoms with Gasteiger partial charge in [0.2, 0.25) is 0 Å². The van der Waals surface area contributed by atoms with Gasteiger partial charge in [0.05, 0.1) is 4.70 Å². The van der Waals surface area contributed by atoms with Crippen molar-refractivity contribution in [3.63, 3.8) is 0 Å². The van der Waals surface area contributed by atoms with Crippen LogP contribution in [0.25, 0.3) is 21.0 Å². The minimum Gasteiger partial charge on any atom is -0.289 e. The Morgan fingerprint density at radius 2 is 2.07 bits per heavy atom. The molecule has 0 fully saturated rings. The summed E-state index contributed by atoms with van der Waals surface area (Å²) in [4.78, 5) is 11.5. The largest absolute Gasteiger partial charge is 0.289 e. The average Bonchev–Trinajstić information content (AvgIpc) is 2.66. The number of nitrogens with one attached hydrogen (secondary N) is 1. The smallest absolute Gasteiger partial charge is 0.186 e. The second kappa shape index (κ2) is 2.65. The van der Waals surface area contributed by atoms with Crippen molar-refractivity contribution < 1.29 is 0 Å². The number of benzene rings is 2. The van der Waals surface area contributed by atoms with Crippen LogP contribution in [0.3, 0.4) is 0 Å². The highest BCUT2D eigenvalue weighted by atomic mass is 32.1. The van der Waals surface area contributed by atoms with E-state index in [-0.39, 0.29) is 5.43 Å². The summed E-state index contributed by atoms with van der Waals surface area (Å²) in [6, 6.07) is 9.04.